The summed E-state index contributed by atoms with van der Waals surface area (Å²) in [5, 5.41) is 21.1. The van der Waals surface area contributed by atoms with Gasteiger partial charge < -0.3 is 31.9 Å². The third-order valence-corrected chi connectivity index (χ3v) is 6.17. The van der Waals surface area contributed by atoms with Gasteiger partial charge in [-0.3, -0.25) is 9.80 Å². The van der Waals surface area contributed by atoms with Crippen molar-refractivity contribution in [1.29, 1.82) is 0 Å². The maximum Gasteiger partial charge on any atom is 0.0234 e. The second-order valence-corrected chi connectivity index (χ2v) is 8.87. The molecule has 2 heterocycles. The molecule has 0 unspecified atom stereocenters. The monoisotopic (exact) mass is 1090 g/mol. The van der Waals surface area contributed by atoms with Gasteiger partial charge >= 0.3 is 0 Å². The first-order valence-corrected chi connectivity index (χ1v) is 12.7. The standard InChI is InChI=1S/C24H46N8.8BrH/c1-2-24(22-32-19-15-29-11-7-26-8-12-30-16-20-32)4-3-23(1)21-31-17-13-27-9-5-25-6-10-28-14-18-31;;;;;;;;/h1-4,25-30H,5-22H2;8*1H. The molecule has 0 saturated carbocycles. The fourth-order valence-corrected chi connectivity index (χ4v) is 4.21. The summed E-state index contributed by atoms with van der Waals surface area (Å²) in [5.74, 6) is 0. The quantitative estimate of drug-likeness (QED) is 0.274. The zero-order valence-electron chi connectivity index (χ0n) is 23.2. The molecule has 0 atom stereocenters. The number of hydrogen-bond donors (Lipinski definition) is 6. The Morgan fingerprint density at radius 2 is 0.550 bits per heavy atom. The lowest BCUT2D eigenvalue weighted by molar-refractivity contribution is 0.261. The maximum atomic E-state index is 3.56. The topological polar surface area (TPSA) is 78.7 Å². The average Bonchev–Trinajstić information content (AvgIpc) is 2.79. The van der Waals surface area contributed by atoms with Crippen molar-refractivity contribution in [2.24, 2.45) is 0 Å². The van der Waals surface area contributed by atoms with E-state index in [-0.39, 0.29) is 136 Å². The number of benzene rings is 1. The molecule has 16 heteroatoms. The summed E-state index contributed by atoms with van der Waals surface area (Å²) in [7, 11) is 0. The minimum atomic E-state index is 0. The molecule has 3 rings (SSSR count). The largest absolute Gasteiger partial charge is 0.314 e. The Morgan fingerprint density at radius 1 is 0.350 bits per heavy atom. The van der Waals surface area contributed by atoms with Gasteiger partial charge in [-0.15, -0.1) is 136 Å². The molecule has 0 aromatic heterocycles. The molecule has 8 nitrogen and oxygen atoms in total. The minimum Gasteiger partial charge on any atom is -0.314 e. The van der Waals surface area contributed by atoms with E-state index in [0.29, 0.717) is 0 Å². The van der Waals surface area contributed by atoms with E-state index in [0.717, 1.165) is 118 Å². The van der Waals surface area contributed by atoms with Crippen molar-refractivity contribution in [3.8, 4) is 0 Å². The third-order valence-electron chi connectivity index (χ3n) is 6.17. The van der Waals surface area contributed by atoms with Crippen LogP contribution in [0.3, 0.4) is 0 Å². The Hall–Kier alpha value is 2.74. The van der Waals surface area contributed by atoms with Gasteiger partial charge in [0.05, 0.1) is 0 Å². The first kappa shape index (κ1) is 55.2. The van der Waals surface area contributed by atoms with Crippen molar-refractivity contribution in [1.82, 2.24) is 41.7 Å². The van der Waals surface area contributed by atoms with Crippen molar-refractivity contribution in [2.45, 2.75) is 13.1 Å². The lowest BCUT2D eigenvalue weighted by Gasteiger charge is -2.25. The molecule has 2 aliphatic rings. The fraction of sp³-hybridized carbons (Fsp3) is 0.750. The predicted molar refractivity (Wildman–Crippen MR) is 217 cm³/mol. The minimum absolute atomic E-state index is 0. The number of hydrogen-bond acceptors (Lipinski definition) is 8. The molecule has 0 radical (unpaired) electrons. The highest BCUT2D eigenvalue weighted by Gasteiger charge is 2.09. The second-order valence-electron chi connectivity index (χ2n) is 8.87. The van der Waals surface area contributed by atoms with Gasteiger partial charge in [-0.1, -0.05) is 24.3 Å². The van der Waals surface area contributed by atoms with Gasteiger partial charge in [-0.05, 0) is 11.1 Å². The van der Waals surface area contributed by atoms with Crippen LogP contribution in [-0.2, 0) is 13.1 Å². The fourth-order valence-electron chi connectivity index (χ4n) is 4.21. The Kier molecular flexibility index (Phi) is 52.3. The maximum absolute atomic E-state index is 3.56. The van der Waals surface area contributed by atoms with Gasteiger partial charge in [-0.2, -0.15) is 0 Å². The van der Waals surface area contributed by atoms with Gasteiger partial charge in [0.15, 0.2) is 0 Å². The van der Waals surface area contributed by atoms with Gasteiger partial charge in [0, 0.05) is 118 Å². The van der Waals surface area contributed by atoms with Crippen LogP contribution in [0.5, 0.6) is 0 Å². The summed E-state index contributed by atoms with van der Waals surface area (Å²) in [5.41, 5.74) is 2.82. The third kappa shape index (κ3) is 27.1. The Bertz CT molecular complexity index is 536. The van der Waals surface area contributed by atoms with Crippen LogP contribution in [0.15, 0.2) is 24.3 Å². The number of rotatable bonds is 4. The van der Waals surface area contributed by atoms with E-state index in [1.807, 2.05) is 0 Å². The van der Waals surface area contributed by atoms with Gasteiger partial charge in [0.1, 0.15) is 0 Å². The van der Waals surface area contributed by atoms with E-state index in [1.54, 1.807) is 0 Å². The zero-order chi connectivity index (χ0) is 22.1. The molecule has 6 N–H and O–H groups in total. The highest BCUT2D eigenvalue weighted by Crippen LogP contribution is 2.10. The molecule has 246 valence electrons. The van der Waals surface area contributed by atoms with Gasteiger partial charge in [0.2, 0.25) is 0 Å². The highest BCUT2D eigenvalue weighted by atomic mass is 79.9. The Morgan fingerprint density at radius 3 is 0.775 bits per heavy atom. The molecule has 0 spiro atoms. The van der Waals surface area contributed by atoms with Crippen LogP contribution in [0.2, 0.25) is 0 Å². The molecule has 0 aliphatic carbocycles. The smallest absolute Gasteiger partial charge is 0.0234 e. The van der Waals surface area contributed by atoms with Crippen LogP contribution in [0.25, 0.3) is 0 Å². The summed E-state index contributed by atoms with van der Waals surface area (Å²) < 4.78 is 0. The van der Waals surface area contributed by atoms with Crippen LogP contribution in [0.1, 0.15) is 11.1 Å². The van der Waals surface area contributed by atoms with Crippen LogP contribution >= 0.6 is 136 Å². The van der Waals surface area contributed by atoms with Crippen LogP contribution in [0, 0.1) is 0 Å². The number of nitrogens with one attached hydrogen (secondary N) is 6. The molecule has 0 bridgehead atoms. The second kappa shape index (κ2) is 37.9. The normalized spacial score (nSPS) is 18.2. The zero-order valence-corrected chi connectivity index (χ0v) is 36.9. The van der Waals surface area contributed by atoms with E-state index in [2.05, 4.69) is 66.0 Å². The first-order chi connectivity index (χ1) is 15.9. The van der Waals surface area contributed by atoms with Crippen LogP contribution in [0.4, 0.5) is 0 Å². The van der Waals surface area contributed by atoms with Crippen LogP contribution < -0.4 is 31.9 Å². The molecule has 40 heavy (non-hydrogen) atoms. The summed E-state index contributed by atoms with van der Waals surface area (Å²) in [6.45, 7) is 18.9. The summed E-state index contributed by atoms with van der Waals surface area (Å²) in [6.07, 6.45) is 0. The summed E-state index contributed by atoms with van der Waals surface area (Å²) >= 11 is 0. The molecular weight excluding hydrogens is 1040 g/mol. The van der Waals surface area contributed by atoms with E-state index >= 15 is 0 Å². The molecule has 2 aliphatic heterocycles. The van der Waals surface area contributed by atoms with Crippen molar-refractivity contribution < 1.29 is 0 Å². The summed E-state index contributed by atoms with van der Waals surface area (Å²) in [6, 6.07) is 9.31. The molecule has 2 fully saturated rings. The lowest BCUT2D eigenvalue weighted by atomic mass is 10.1. The first-order valence-electron chi connectivity index (χ1n) is 12.7. The molecule has 1 aromatic carbocycles. The number of nitrogens with zero attached hydrogens (tertiary/aromatic N) is 2. The number of halogens is 8. The SMILES string of the molecule is Br.Br.Br.Br.Br.Br.Br.Br.c1cc(CN2CCNCCNCCNCC2)ccc1CN1CCNCCNCCNCC1. The highest BCUT2D eigenvalue weighted by molar-refractivity contribution is 8.93. The molecular formula is C24H54Br8N8. The molecule has 0 amide bonds. The summed E-state index contributed by atoms with van der Waals surface area (Å²) in [4.78, 5) is 5.12. The van der Waals surface area contributed by atoms with E-state index in [9.17, 15) is 0 Å². The van der Waals surface area contributed by atoms with E-state index in [4.69, 9.17) is 0 Å². The Balaban J connectivity index is -0.000000361. The van der Waals surface area contributed by atoms with Crippen LogP contribution in [-0.4, -0.2) is 115 Å². The van der Waals surface area contributed by atoms with Crippen molar-refractivity contribution >= 4 is 136 Å². The molecule has 2 saturated heterocycles. The van der Waals surface area contributed by atoms with Crippen molar-refractivity contribution in [2.75, 3.05) is 105 Å². The van der Waals surface area contributed by atoms with Crippen molar-refractivity contribution in [3.05, 3.63) is 35.4 Å². The Labute approximate surface area is 327 Å². The van der Waals surface area contributed by atoms with E-state index < -0.39 is 0 Å². The van der Waals surface area contributed by atoms with Gasteiger partial charge in [-0.25, -0.2) is 0 Å². The average molecular weight is 1090 g/mol. The lowest BCUT2D eigenvalue weighted by Crippen LogP contribution is -2.41. The van der Waals surface area contributed by atoms with E-state index in [1.165, 1.54) is 11.1 Å². The van der Waals surface area contributed by atoms with Crippen molar-refractivity contribution in [3.63, 3.8) is 0 Å². The predicted octanol–water partition coefficient (Wildman–Crippen LogP) is 3.48. The molecule has 1 aromatic rings. The van der Waals surface area contributed by atoms with Gasteiger partial charge in [0.25, 0.3) is 0 Å².